The molecule has 4 nitrogen and oxygen atoms in total. The molecule has 0 atom stereocenters. The van der Waals surface area contributed by atoms with E-state index in [0.717, 1.165) is 45.1 Å². The molecule has 0 N–H and O–H groups in total. The van der Waals surface area contributed by atoms with Crippen molar-refractivity contribution in [3.05, 3.63) is 69.7 Å². The highest BCUT2D eigenvalue weighted by molar-refractivity contribution is 7.86. The third kappa shape index (κ3) is 4.01. The van der Waals surface area contributed by atoms with Crippen LogP contribution in [0.2, 0.25) is 10.0 Å². The molecule has 0 spiro atoms. The van der Waals surface area contributed by atoms with Gasteiger partial charge in [0.15, 0.2) is 0 Å². The summed E-state index contributed by atoms with van der Waals surface area (Å²) in [6.07, 6.45) is -5.31. The van der Waals surface area contributed by atoms with Crippen molar-refractivity contribution in [2.45, 2.75) is 25.1 Å². The highest BCUT2D eigenvalue weighted by atomic mass is 35.5. The summed E-state index contributed by atoms with van der Waals surface area (Å²) in [6.45, 7) is 3.77. The molecular weight excluding hydrogens is 474 g/mol. The number of fused-ring (bicyclic) bond motifs is 3. The van der Waals surface area contributed by atoms with Gasteiger partial charge in [0.1, 0.15) is 0 Å². The Bertz CT molecular complexity index is 1380. The summed E-state index contributed by atoms with van der Waals surface area (Å²) < 4.78 is 66.0. The van der Waals surface area contributed by atoms with Crippen molar-refractivity contribution in [3.63, 3.8) is 0 Å². The van der Waals surface area contributed by atoms with Crippen molar-refractivity contribution in [2.24, 2.45) is 0 Å². The van der Waals surface area contributed by atoms with E-state index in [1.54, 1.807) is 12.1 Å². The Labute approximate surface area is 185 Å². The molecule has 0 saturated heterocycles. The van der Waals surface area contributed by atoms with Crippen LogP contribution < -0.4 is 0 Å². The fourth-order valence-electron chi connectivity index (χ4n) is 3.49. The number of aryl methyl sites for hydroxylation is 2. The van der Waals surface area contributed by atoms with Crippen molar-refractivity contribution in [1.29, 1.82) is 0 Å². The quantitative estimate of drug-likeness (QED) is 0.294. The van der Waals surface area contributed by atoms with Crippen LogP contribution in [0.25, 0.3) is 27.5 Å². The molecule has 31 heavy (non-hydrogen) atoms. The first-order chi connectivity index (χ1) is 14.4. The van der Waals surface area contributed by atoms with Gasteiger partial charge in [-0.25, -0.2) is 0 Å². The number of hydrogen-bond donors (Lipinski definition) is 0. The SMILES string of the molecule is Cc1cc2c3cc(C)c(Cl)cc3n(-c3ccc(S(=O)(=O)OC(F)(F)F)cc3)c2cc1Cl. The molecule has 4 aromatic rings. The minimum Gasteiger partial charge on any atom is -0.309 e. The number of hydrogen-bond acceptors (Lipinski definition) is 3. The monoisotopic (exact) mass is 487 g/mol. The van der Waals surface area contributed by atoms with Crippen LogP contribution in [-0.2, 0) is 14.3 Å². The van der Waals surface area contributed by atoms with E-state index in [4.69, 9.17) is 23.2 Å². The topological polar surface area (TPSA) is 48.3 Å². The Morgan fingerprint density at radius 1 is 0.839 bits per heavy atom. The number of nitrogens with zero attached hydrogens (tertiary/aromatic N) is 1. The number of alkyl halides is 3. The van der Waals surface area contributed by atoms with Crippen molar-refractivity contribution in [2.75, 3.05) is 0 Å². The molecule has 3 aromatic carbocycles. The second kappa shape index (κ2) is 7.41. The molecule has 0 aliphatic rings. The molecule has 0 amide bonds. The van der Waals surface area contributed by atoms with Gasteiger partial charge in [0, 0.05) is 26.5 Å². The molecule has 0 saturated carbocycles. The zero-order valence-electron chi connectivity index (χ0n) is 16.1. The average molecular weight is 488 g/mol. The normalized spacial score (nSPS) is 12.7. The fourth-order valence-corrected chi connectivity index (χ4v) is 4.62. The lowest BCUT2D eigenvalue weighted by molar-refractivity contribution is -0.271. The van der Waals surface area contributed by atoms with Gasteiger partial charge in [-0.05, 0) is 73.5 Å². The largest absolute Gasteiger partial charge is 0.537 e. The summed E-state index contributed by atoms with van der Waals surface area (Å²) in [5, 5.41) is 2.90. The third-order valence-corrected chi connectivity index (χ3v) is 6.99. The molecule has 162 valence electrons. The van der Waals surface area contributed by atoms with Crippen molar-refractivity contribution in [3.8, 4) is 5.69 Å². The van der Waals surface area contributed by atoms with E-state index in [1.165, 1.54) is 12.1 Å². The van der Waals surface area contributed by atoms with E-state index < -0.39 is 21.4 Å². The average Bonchev–Trinajstić information content (AvgIpc) is 2.93. The molecule has 1 heterocycles. The summed E-state index contributed by atoms with van der Waals surface area (Å²) >= 11 is 12.7. The smallest absolute Gasteiger partial charge is 0.309 e. The van der Waals surface area contributed by atoms with Gasteiger partial charge in [-0.15, -0.1) is 13.2 Å². The van der Waals surface area contributed by atoms with E-state index in [-0.39, 0.29) is 0 Å². The summed E-state index contributed by atoms with van der Waals surface area (Å²) in [4.78, 5) is -0.614. The lowest BCUT2D eigenvalue weighted by atomic mass is 10.1. The Kier molecular flexibility index (Phi) is 5.25. The van der Waals surface area contributed by atoms with E-state index in [2.05, 4.69) is 4.18 Å². The standard InChI is InChI=1S/C21H14Cl2F3NO3S/c1-11-7-15-16-8-12(2)18(23)10-20(16)27(19(15)9-17(11)22)13-3-5-14(6-4-13)31(28,29)30-21(24,25)26/h3-10H,1-2H3. The zero-order chi connectivity index (χ0) is 22.7. The van der Waals surface area contributed by atoms with Gasteiger partial charge in [0.25, 0.3) is 0 Å². The van der Waals surface area contributed by atoms with Gasteiger partial charge in [-0.3, -0.25) is 0 Å². The van der Waals surface area contributed by atoms with Crippen molar-refractivity contribution < 1.29 is 25.8 Å². The van der Waals surface area contributed by atoms with Crippen LogP contribution in [-0.4, -0.2) is 19.3 Å². The fraction of sp³-hybridized carbons (Fsp3) is 0.143. The van der Waals surface area contributed by atoms with Crippen molar-refractivity contribution >= 4 is 55.1 Å². The van der Waals surface area contributed by atoms with Crippen LogP contribution in [0.5, 0.6) is 0 Å². The lowest BCUT2D eigenvalue weighted by Crippen LogP contribution is -2.19. The van der Waals surface area contributed by atoms with Gasteiger partial charge in [0.05, 0.1) is 15.9 Å². The maximum atomic E-state index is 12.4. The van der Waals surface area contributed by atoms with Crippen LogP contribution in [0.4, 0.5) is 13.2 Å². The predicted molar refractivity (Wildman–Crippen MR) is 115 cm³/mol. The van der Waals surface area contributed by atoms with Crippen molar-refractivity contribution in [1.82, 2.24) is 4.57 Å². The molecule has 0 fully saturated rings. The lowest BCUT2D eigenvalue weighted by Gasteiger charge is -2.11. The number of benzene rings is 3. The molecule has 0 radical (unpaired) electrons. The predicted octanol–water partition coefficient (Wildman–Crippen LogP) is 6.93. The second-order valence-corrected chi connectivity index (χ2v) is 9.41. The van der Waals surface area contributed by atoms with Gasteiger partial charge in [-0.1, -0.05) is 23.2 Å². The minimum atomic E-state index is -5.31. The van der Waals surface area contributed by atoms with E-state index in [0.29, 0.717) is 15.7 Å². The molecule has 10 heteroatoms. The van der Waals surface area contributed by atoms with Crippen LogP contribution in [0.15, 0.2) is 53.4 Å². The van der Waals surface area contributed by atoms with Gasteiger partial charge in [-0.2, -0.15) is 12.6 Å². The summed E-state index contributed by atoms with van der Waals surface area (Å²) in [5.74, 6) is 0. The Balaban J connectivity index is 1.95. The molecule has 0 aliphatic carbocycles. The maximum Gasteiger partial charge on any atom is 0.537 e. The first-order valence-corrected chi connectivity index (χ1v) is 11.1. The van der Waals surface area contributed by atoms with Crippen LogP contribution in [0.3, 0.4) is 0 Å². The molecule has 0 unspecified atom stereocenters. The summed E-state index contributed by atoms with van der Waals surface area (Å²) in [6, 6.07) is 12.4. The molecular formula is C21H14Cl2F3NO3S. The second-order valence-electron chi connectivity index (χ2n) is 7.05. The Morgan fingerprint density at radius 3 is 1.71 bits per heavy atom. The first kappa shape index (κ1) is 22.0. The molecule has 0 aliphatic heterocycles. The van der Waals surface area contributed by atoms with Crippen LogP contribution in [0.1, 0.15) is 11.1 Å². The van der Waals surface area contributed by atoms with E-state index in [1.807, 2.05) is 30.5 Å². The number of halogens is 5. The van der Waals surface area contributed by atoms with E-state index in [9.17, 15) is 21.6 Å². The Hall–Kier alpha value is -2.26. The zero-order valence-corrected chi connectivity index (χ0v) is 18.4. The van der Waals surface area contributed by atoms with Gasteiger partial charge in [0.2, 0.25) is 0 Å². The van der Waals surface area contributed by atoms with Gasteiger partial charge >= 0.3 is 16.5 Å². The number of rotatable bonds is 3. The maximum absolute atomic E-state index is 12.4. The molecule has 4 rings (SSSR count). The van der Waals surface area contributed by atoms with Gasteiger partial charge < -0.3 is 4.57 Å². The summed E-state index contributed by atoms with van der Waals surface area (Å²) in [5.41, 5.74) is 3.77. The first-order valence-electron chi connectivity index (χ1n) is 8.90. The number of aromatic nitrogens is 1. The van der Waals surface area contributed by atoms with E-state index >= 15 is 0 Å². The molecule has 1 aromatic heterocycles. The highest BCUT2D eigenvalue weighted by Crippen LogP contribution is 2.37. The third-order valence-electron chi connectivity index (χ3n) is 4.91. The minimum absolute atomic E-state index is 0.519. The van der Waals surface area contributed by atoms with Crippen LogP contribution in [0, 0.1) is 13.8 Å². The molecule has 0 bridgehead atoms. The Morgan fingerprint density at radius 2 is 1.29 bits per heavy atom. The highest BCUT2D eigenvalue weighted by Gasteiger charge is 2.37. The van der Waals surface area contributed by atoms with Crippen LogP contribution >= 0.6 is 23.2 Å². The summed E-state index contributed by atoms with van der Waals surface area (Å²) in [7, 11) is -4.99.